The van der Waals surface area contributed by atoms with Crippen LogP contribution in [0.5, 0.6) is 5.75 Å². The summed E-state index contributed by atoms with van der Waals surface area (Å²) in [4.78, 5) is 13.6. The Morgan fingerprint density at radius 2 is 2.14 bits per heavy atom. The van der Waals surface area contributed by atoms with E-state index in [-0.39, 0.29) is 13.1 Å². The number of thiocarbonyl (C=S) groups is 1. The van der Waals surface area contributed by atoms with Gasteiger partial charge in [0.15, 0.2) is 5.11 Å². The van der Waals surface area contributed by atoms with Crippen molar-refractivity contribution in [3.8, 4) is 5.75 Å². The first-order valence-electron chi connectivity index (χ1n) is 9.34. The fraction of sp³-hybridized carbons (Fsp3) is 0.579. The molecule has 2 aliphatic heterocycles. The third kappa shape index (κ3) is 4.82. The SMILES string of the molecule is CC(C)(C)OC(=O)N1C[C@H](NC(=S)Nc2cccc3c2CCO3)[C@H](N)[C@@H](F)C1. The van der Waals surface area contributed by atoms with Crippen molar-refractivity contribution in [1.82, 2.24) is 10.2 Å². The number of nitrogens with zero attached hydrogens (tertiary/aromatic N) is 1. The van der Waals surface area contributed by atoms with Crippen LogP contribution in [-0.2, 0) is 11.2 Å². The predicted molar refractivity (Wildman–Crippen MR) is 109 cm³/mol. The number of piperidine rings is 1. The molecule has 7 nitrogen and oxygen atoms in total. The summed E-state index contributed by atoms with van der Waals surface area (Å²) < 4.78 is 25.3. The number of likely N-dealkylation sites (tertiary alicyclic amines) is 1. The van der Waals surface area contributed by atoms with Gasteiger partial charge in [0.2, 0.25) is 0 Å². The molecule has 0 aliphatic carbocycles. The number of benzene rings is 1. The predicted octanol–water partition coefficient (Wildman–Crippen LogP) is 2.19. The molecule has 3 atom stereocenters. The number of fused-ring (bicyclic) bond motifs is 1. The van der Waals surface area contributed by atoms with E-state index in [4.69, 9.17) is 27.4 Å². The third-order valence-corrected chi connectivity index (χ3v) is 4.87. The van der Waals surface area contributed by atoms with Crippen molar-refractivity contribution in [2.75, 3.05) is 25.0 Å². The number of hydrogen-bond acceptors (Lipinski definition) is 5. The molecule has 0 unspecified atom stereocenters. The fourth-order valence-corrected chi connectivity index (χ4v) is 3.56. The van der Waals surface area contributed by atoms with Gasteiger partial charge in [-0.1, -0.05) is 6.07 Å². The largest absolute Gasteiger partial charge is 0.493 e. The van der Waals surface area contributed by atoms with E-state index in [2.05, 4.69) is 10.6 Å². The third-order valence-electron chi connectivity index (χ3n) is 4.65. The van der Waals surface area contributed by atoms with E-state index in [9.17, 15) is 9.18 Å². The van der Waals surface area contributed by atoms with Gasteiger partial charge in [-0.05, 0) is 45.1 Å². The van der Waals surface area contributed by atoms with E-state index in [0.717, 1.165) is 23.4 Å². The summed E-state index contributed by atoms with van der Waals surface area (Å²) in [5.41, 5.74) is 7.26. The zero-order valence-corrected chi connectivity index (χ0v) is 17.1. The highest BCUT2D eigenvalue weighted by Crippen LogP contribution is 2.31. The molecule has 9 heteroatoms. The Hall–Kier alpha value is -2.13. The highest BCUT2D eigenvalue weighted by atomic mass is 32.1. The molecule has 1 fully saturated rings. The van der Waals surface area contributed by atoms with Crippen molar-refractivity contribution in [3.05, 3.63) is 23.8 Å². The first-order chi connectivity index (χ1) is 13.1. The lowest BCUT2D eigenvalue weighted by molar-refractivity contribution is 0.00744. The van der Waals surface area contributed by atoms with Crippen molar-refractivity contribution in [2.24, 2.45) is 5.73 Å². The van der Waals surface area contributed by atoms with Crippen LogP contribution in [0.15, 0.2) is 18.2 Å². The monoisotopic (exact) mass is 410 g/mol. The number of hydrogen-bond donors (Lipinski definition) is 3. The molecular weight excluding hydrogens is 383 g/mol. The lowest BCUT2D eigenvalue weighted by Crippen LogP contribution is -2.65. The summed E-state index contributed by atoms with van der Waals surface area (Å²) in [6, 6.07) is 4.37. The Morgan fingerprint density at radius 1 is 1.39 bits per heavy atom. The normalized spacial score (nSPS) is 24.2. The van der Waals surface area contributed by atoms with Crippen LogP contribution >= 0.6 is 12.2 Å². The van der Waals surface area contributed by atoms with Gasteiger partial charge in [-0.2, -0.15) is 0 Å². The van der Waals surface area contributed by atoms with Crippen molar-refractivity contribution in [2.45, 2.75) is 51.0 Å². The van der Waals surface area contributed by atoms with Crippen LogP contribution in [0.3, 0.4) is 0 Å². The minimum absolute atomic E-state index is 0.0992. The topological polar surface area (TPSA) is 88.8 Å². The standard InChI is InChI=1S/C19H27FN4O3S/c1-19(2,3)27-18(25)24-9-12(20)16(21)14(10-24)23-17(28)22-13-5-4-6-15-11(13)7-8-26-15/h4-6,12,14,16H,7-10,21H2,1-3H3,(H2,22,23,28)/t12-,14-,16+/m0/s1. The van der Waals surface area contributed by atoms with E-state index < -0.39 is 29.9 Å². The Labute approximate surface area is 169 Å². The summed E-state index contributed by atoms with van der Waals surface area (Å²) in [6.07, 6.45) is -1.15. The van der Waals surface area contributed by atoms with Gasteiger partial charge in [-0.3, -0.25) is 0 Å². The van der Waals surface area contributed by atoms with E-state index in [1.165, 1.54) is 4.90 Å². The number of nitrogens with one attached hydrogen (secondary N) is 2. The smallest absolute Gasteiger partial charge is 0.410 e. The van der Waals surface area contributed by atoms with E-state index >= 15 is 0 Å². The average molecular weight is 411 g/mol. The summed E-state index contributed by atoms with van der Waals surface area (Å²) in [6.45, 7) is 6.04. The van der Waals surface area contributed by atoms with E-state index in [1.807, 2.05) is 18.2 Å². The number of ether oxygens (including phenoxy) is 2. The van der Waals surface area contributed by atoms with Gasteiger partial charge >= 0.3 is 6.09 Å². The molecule has 2 aliphatic rings. The van der Waals surface area contributed by atoms with E-state index in [0.29, 0.717) is 11.7 Å². The summed E-state index contributed by atoms with van der Waals surface area (Å²) in [5, 5.41) is 6.50. The number of alkyl halides is 1. The van der Waals surface area contributed by atoms with Crippen LogP contribution in [0.4, 0.5) is 14.9 Å². The Bertz CT molecular complexity index is 755. The molecule has 0 radical (unpaired) electrons. The molecule has 0 saturated carbocycles. The molecule has 3 rings (SSSR count). The van der Waals surface area contributed by atoms with Gasteiger partial charge in [0, 0.05) is 24.2 Å². The summed E-state index contributed by atoms with van der Waals surface area (Å²) in [7, 11) is 0. The van der Waals surface area contributed by atoms with Gasteiger partial charge in [0.25, 0.3) is 0 Å². The molecular formula is C19H27FN4O3S. The number of carbonyl (C=O) groups is 1. The Kier molecular flexibility index (Phi) is 5.95. The minimum Gasteiger partial charge on any atom is -0.493 e. The molecule has 1 amide bonds. The van der Waals surface area contributed by atoms with Gasteiger partial charge in [0.1, 0.15) is 17.5 Å². The number of rotatable bonds is 2. The number of anilines is 1. The van der Waals surface area contributed by atoms with Gasteiger partial charge in [0.05, 0.1) is 25.2 Å². The summed E-state index contributed by atoms with van der Waals surface area (Å²) >= 11 is 5.40. The molecule has 1 saturated heterocycles. The number of nitrogens with two attached hydrogens (primary N) is 1. The van der Waals surface area contributed by atoms with Crippen LogP contribution in [0.1, 0.15) is 26.3 Å². The first-order valence-corrected chi connectivity index (χ1v) is 9.74. The van der Waals surface area contributed by atoms with Crippen molar-refractivity contribution >= 4 is 29.1 Å². The zero-order chi connectivity index (χ0) is 20.5. The molecule has 0 aromatic heterocycles. The van der Waals surface area contributed by atoms with Crippen molar-refractivity contribution in [3.63, 3.8) is 0 Å². The maximum Gasteiger partial charge on any atom is 0.410 e. The van der Waals surface area contributed by atoms with Crippen LogP contribution in [0.2, 0.25) is 0 Å². The van der Waals surface area contributed by atoms with Gasteiger partial charge in [-0.15, -0.1) is 0 Å². The molecule has 154 valence electrons. The first kappa shape index (κ1) is 20.6. The lowest BCUT2D eigenvalue weighted by atomic mass is 9.99. The number of halogens is 1. The summed E-state index contributed by atoms with van der Waals surface area (Å²) in [5.74, 6) is 0.835. The fourth-order valence-electron chi connectivity index (χ4n) is 3.30. The lowest BCUT2D eigenvalue weighted by Gasteiger charge is -2.40. The van der Waals surface area contributed by atoms with Crippen LogP contribution < -0.4 is 21.1 Å². The minimum atomic E-state index is -1.38. The second kappa shape index (κ2) is 8.08. The second-order valence-corrected chi connectivity index (χ2v) is 8.47. The van der Waals surface area contributed by atoms with Crippen LogP contribution in [0.25, 0.3) is 0 Å². The number of carbonyl (C=O) groups excluding carboxylic acids is 1. The highest BCUT2D eigenvalue weighted by molar-refractivity contribution is 7.80. The van der Waals surface area contributed by atoms with Gasteiger partial charge < -0.3 is 30.7 Å². The van der Waals surface area contributed by atoms with Crippen LogP contribution in [-0.4, -0.2) is 59.7 Å². The van der Waals surface area contributed by atoms with Crippen molar-refractivity contribution in [1.29, 1.82) is 0 Å². The van der Waals surface area contributed by atoms with E-state index in [1.54, 1.807) is 20.8 Å². The second-order valence-electron chi connectivity index (χ2n) is 8.06. The zero-order valence-electron chi connectivity index (χ0n) is 16.3. The Balaban J connectivity index is 1.64. The van der Waals surface area contributed by atoms with Gasteiger partial charge in [-0.25, -0.2) is 9.18 Å². The van der Waals surface area contributed by atoms with Crippen molar-refractivity contribution < 1.29 is 18.7 Å². The molecule has 2 heterocycles. The number of amides is 1. The molecule has 1 aromatic carbocycles. The molecule has 4 N–H and O–H groups in total. The quantitative estimate of drug-likeness (QED) is 0.644. The molecule has 0 spiro atoms. The van der Waals surface area contributed by atoms with Crippen LogP contribution in [0, 0.1) is 0 Å². The maximum atomic E-state index is 14.4. The molecule has 1 aromatic rings. The Morgan fingerprint density at radius 3 is 2.86 bits per heavy atom. The highest BCUT2D eigenvalue weighted by Gasteiger charge is 2.38. The molecule has 0 bridgehead atoms. The average Bonchev–Trinajstić information content (AvgIpc) is 3.07. The molecule has 28 heavy (non-hydrogen) atoms. The maximum absolute atomic E-state index is 14.4.